The predicted molar refractivity (Wildman–Crippen MR) is 96.6 cm³/mol. The van der Waals surface area contributed by atoms with Gasteiger partial charge < -0.3 is 5.11 Å². The number of carboxylic acid groups (broad SMARTS) is 1. The van der Waals surface area contributed by atoms with Crippen LogP contribution in [0.1, 0.15) is 48.5 Å². The van der Waals surface area contributed by atoms with Gasteiger partial charge >= 0.3 is 5.97 Å². The fourth-order valence-electron chi connectivity index (χ4n) is 3.85. The van der Waals surface area contributed by atoms with Gasteiger partial charge in [-0.25, -0.2) is 9.48 Å². The number of carboxylic acids is 1. The second kappa shape index (κ2) is 6.24. The van der Waals surface area contributed by atoms with Crippen molar-refractivity contribution in [1.29, 1.82) is 0 Å². The van der Waals surface area contributed by atoms with E-state index in [0.29, 0.717) is 10.9 Å². The highest BCUT2D eigenvalue weighted by Gasteiger charge is 2.24. The van der Waals surface area contributed by atoms with Crippen LogP contribution in [0.4, 0.5) is 0 Å². The summed E-state index contributed by atoms with van der Waals surface area (Å²) in [5.74, 6) is -0.975. The number of hydrogen-bond donors (Lipinski definition) is 1. The van der Waals surface area contributed by atoms with Crippen LogP contribution >= 0.6 is 0 Å². The molecule has 0 saturated heterocycles. The molecule has 1 aliphatic rings. The van der Waals surface area contributed by atoms with Crippen molar-refractivity contribution in [2.75, 3.05) is 0 Å². The van der Waals surface area contributed by atoms with Crippen LogP contribution in [0.3, 0.4) is 0 Å². The Kier molecular flexibility index (Phi) is 3.92. The molecule has 1 aliphatic carbocycles. The van der Waals surface area contributed by atoms with Crippen LogP contribution in [0.15, 0.2) is 53.3 Å². The third-order valence-electron chi connectivity index (χ3n) is 5.05. The number of aromatic carboxylic acids is 1. The zero-order valence-corrected chi connectivity index (χ0v) is 13.9. The fourth-order valence-corrected chi connectivity index (χ4v) is 3.85. The second-order valence-electron chi connectivity index (χ2n) is 6.63. The van der Waals surface area contributed by atoms with Crippen LogP contribution in [-0.2, 0) is 0 Å². The van der Waals surface area contributed by atoms with Crippen LogP contribution in [-0.4, -0.2) is 20.4 Å². The zero-order chi connectivity index (χ0) is 17.4. The van der Waals surface area contributed by atoms with Gasteiger partial charge in [0.1, 0.15) is 0 Å². The van der Waals surface area contributed by atoms with Crippen LogP contribution in [0.25, 0.3) is 16.6 Å². The Labute approximate surface area is 145 Å². The molecule has 25 heavy (non-hydrogen) atoms. The summed E-state index contributed by atoms with van der Waals surface area (Å²) in [5, 5.41) is 9.91. The molecule has 0 spiro atoms. The maximum atomic E-state index is 13.1. The van der Waals surface area contributed by atoms with Gasteiger partial charge in [0.2, 0.25) is 0 Å². The van der Waals surface area contributed by atoms with E-state index in [1.54, 1.807) is 16.8 Å². The van der Waals surface area contributed by atoms with E-state index < -0.39 is 5.97 Å². The van der Waals surface area contributed by atoms with E-state index in [-0.39, 0.29) is 17.2 Å². The average Bonchev–Trinajstić information content (AvgIpc) is 2.95. The summed E-state index contributed by atoms with van der Waals surface area (Å²) >= 11 is 0. The Morgan fingerprint density at radius 2 is 1.72 bits per heavy atom. The Bertz CT molecular complexity index is 979. The Hall–Kier alpha value is -2.82. The van der Waals surface area contributed by atoms with E-state index in [0.717, 1.165) is 31.4 Å². The van der Waals surface area contributed by atoms with E-state index in [1.807, 2.05) is 35.0 Å². The molecule has 1 saturated carbocycles. The minimum Gasteiger partial charge on any atom is -0.478 e. The van der Waals surface area contributed by atoms with Crippen molar-refractivity contribution in [3.05, 3.63) is 64.4 Å². The maximum Gasteiger partial charge on any atom is 0.335 e. The standard InChI is InChI=1S/C20H20N2O3/c23-19-17-12-11-14(20(24)25)13-18(17)21(15-7-3-1-4-8-15)22(19)16-9-5-2-6-10-16/h2,5-6,9-13,15H,1,3-4,7-8H2,(H,24,25). The van der Waals surface area contributed by atoms with Gasteiger partial charge in [0.25, 0.3) is 5.56 Å². The highest BCUT2D eigenvalue weighted by molar-refractivity contribution is 5.93. The van der Waals surface area contributed by atoms with E-state index >= 15 is 0 Å². The van der Waals surface area contributed by atoms with Gasteiger partial charge in [-0.1, -0.05) is 37.5 Å². The maximum absolute atomic E-state index is 13.1. The molecule has 0 unspecified atom stereocenters. The number of fused-ring (bicyclic) bond motifs is 1. The molecule has 0 atom stereocenters. The smallest absolute Gasteiger partial charge is 0.335 e. The van der Waals surface area contributed by atoms with E-state index in [2.05, 4.69) is 0 Å². The molecule has 0 amide bonds. The van der Waals surface area contributed by atoms with Crippen molar-refractivity contribution < 1.29 is 9.90 Å². The predicted octanol–water partition coefficient (Wildman–Crippen LogP) is 4.00. The number of hydrogen-bond acceptors (Lipinski definition) is 2. The number of rotatable bonds is 3. The lowest BCUT2D eigenvalue weighted by Crippen LogP contribution is -2.25. The van der Waals surface area contributed by atoms with Gasteiger partial charge in [0.05, 0.1) is 28.2 Å². The molecule has 0 bridgehead atoms. The first-order valence-corrected chi connectivity index (χ1v) is 8.73. The fraction of sp³-hybridized carbons (Fsp3) is 0.300. The highest BCUT2D eigenvalue weighted by Crippen LogP contribution is 2.31. The SMILES string of the molecule is O=C(O)c1ccc2c(=O)n(-c3ccccc3)n(C3CCCCC3)c2c1. The second-order valence-corrected chi connectivity index (χ2v) is 6.63. The first kappa shape index (κ1) is 15.7. The summed E-state index contributed by atoms with van der Waals surface area (Å²) in [6.45, 7) is 0. The molecule has 2 aromatic carbocycles. The Morgan fingerprint density at radius 3 is 2.40 bits per heavy atom. The monoisotopic (exact) mass is 336 g/mol. The van der Waals surface area contributed by atoms with Crippen LogP contribution in [0.2, 0.25) is 0 Å². The molecular weight excluding hydrogens is 316 g/mol. The van der Waals surface area contributed by atoms with Crippen molar-refractivity contribution in [2.45, 2.75) is 38.1 Å². The van der Waals surface area contributed by atoms with Crippen molar-refractivity contribution in [1.82, 2.24) is 9.36 Å². The van der Waals surface area contributed by atoms with E-state index in [4.69, 9.17) is 0 Å². The Morgan fingerprint density at radius 1 is 1.00 bits per heavy atom. The van der Waals surface area contributed by atoms with Gasteiger partial charge in [0, 0.05) is 0 Å². The molecule has 1 aromatic heterocycles. The van der Waals surface area contributed by atoms with Crippen LogP contribution in [0, 0.1) is 0 Å². The average molecular weight is 336 g/mol. The van der Waals surface area contributed by atoms with E-state index in [1.165, 1.54) is 12.5 Å². The molecule has 1 fully saturated rings. The summed E-state index contributed by atoms with van der Waals surface area (Å²) in [4.78, 5) is 24.5. The molecule has 4 rings (SSSR count). The van der Waals surface area contributed by atoms with Gasteiger partial charge in [-0.2, -0.15) is 0 Å². The lowest BCUT2D eigenvalue weighted by Gasteiger charge is -2.26. The number of carbonyl (C=O) groups is 1. The molecule has 128 valence electrons. The summed E-state index contributed by atoms with van der Waals surface area (Å²) in [6, 6.07) is 14.6. The molecule has 5 heteroatoms. The minimum absolute atomic E-state index is 0.0938. The number of aromatic nitrogens is 2. The molecule has 1 N–H and O–H groups in total. The normalized spacial score (nSPS) is 15.5. The van der Waals surface area contributed by atoms with Gasteiger partial charge in [-0.3, -0.25) is 9.48 Å². The van der Waals surface area contributed by atoms with Crippen LogP contribution < -0.4 is 5.56 Å². The highest BCUT2D eigenvalue weighted by atomic mass is 16.4. The summed E-state index contributed by atoms with van der Waals surface area (Å²) in [5.41, 5.74) is 1.64. The molecular formula is C20H20N2O3. The Balaban J connectivity index is 2.03. The first-order valence-electron chi connectivity index (χ1n) is 8.73. The van der Waals surface area contributed by atoms with Crippen molar-refractivity contribution in [3.63, 3.8) is 0 Å². The third-order valence-corrected chi connectivity index (χ3v) is 5.05. The molecule has 0 radical (unpaired) electrons. The van der Waals surface area contributed by atoms with Gasteiger partial charge in [0.15, 0.2) is 0 Å². The first-order chi connectivity index (χ1) is 12.2. The van der Waals surface area contributed by atoms with Gasteiger partial charge in [-0.05, 0) is 43.2 Å². The number of para-hydroxylation sites is 1. The molecule has 5 nitrogen and oxygen atoms in total. The largest absolute Gasteiger partial charge is 0.478 e. The molecule has 3 aromatic rings. The third kappa shape index (κ3) is 2.65. The van der Waals surface area contributed by atoms with E-state index in [9.17, 15) is 14.7 Å². The van der Waals surface area contributed by atoms with Crippen molar-refractivity contribution in [3.8, 4) is 5.69 Å². The lowest BCUT2D eigenvalue weighted by molar-refractivity contribution is 0.0697. The van der Waals surface area contributed by atoms with Crippen molar-refractivity contribution in [2.24, 2.45) is 0 Å². The summed E-state index contributed by atoms with van der Waals surface area (Å²) < 4.78 is 3.74. The summed E-state index contributed by atoms with van der Waals surface area (Å²) in [6.07, 6.45) is 5.49. The lowest BCUT2D eigenvalue weighted by atomic mass is 9.95. The quantitative estimate of drug-likeness (QED) is 0.786. The minimum atomic E-state index is -0.975. The van der Waals surface area contributed by atoms with Gasteiger partial charge in [-0.15, -0.1) is 0 Å². The summed E-state index contributed by atoms with van der Waals surface area (Å²) in [7, 11) is 0. The number of nitrogens with zero attached hydrogens (tertiary/aromatic N) is 2. The van der Waals surface area contributed by atoms with Crippen molar-refractivity contribution >= 4 is 16.9 Å². The topological polar surface area (TPSA) is 64.2 Å². The molecule has 0 aliphatic heterocycles. The van der Waals surface area contributed by atoms with Crippen LogP contribution in [0.5, 0.6) is 0 Å². The zero-order valence-electron chi connectivity index (χ0n) is 13.9. The number of benzene rings is 2. The molecule has 1 heterocycles.